The number of hydrogen-bond donors (Lipinski definition) is 1. The van der Waals surface area contributed by atoms with Crippen molar-refractivity contribution >= 4 is 23.3 Å². The predicted octanol–water partition coefficient (Wildman–Crippen LogP) is 3.94. The van der Waals surface area contributed by atoms with Gasteiger partial charge in [-0.25, -0.2) is 4.52 Å². The average Bonchev–Trinajstić information content (AvgIpc) is 3.06. The number of anilines is 1. The first-order chi connectivity index (χ1) is 14.5. The van der Waals surface area contributed by atoms with Gasteiger partial charge >= 0.3 is 6.18 Å². The maximum Gasteiger partial charge on any atom is 0.417 e. The molecule has 2 aromatic heterocycles. The van der Waals surface area contributed by atoms with E-state index in [1.165, 1.54) is 41.9 Å². The monoisotopic (exact) mass is 431 g/mol. The van der Waals surface area contributed by atoms with Crippen molar-refractivity contribution in [3.8, 4) is 11.1 Å². The fraction of sp³-hybridized carbons (Fsp3) is 0.238. The molecule has 0 aliphatic rings. The minimum Gasteiger partial charge on any atom is -0.383 e. The van der Waals surface area contributed by atoms with E-state index in [-0.39, 0.29) is 28.3 Å². The third kappa shape index (κ3) is 4.57. The second-order valence-corrected chi connectivity index (χ2v) is 7.11. The molecule has 31 heavy (non-hydrogen) atoms. The summed E-state index contributed by atoms with van der Waals surface area (Å²) in [6, 6.07) is 5.06. The van der Waals surface area contributed by atoms with Gasteiger partial charge in [-0.05, 0) is 24.1 Å². The summed E-state index contributed by atoms with van der Waals surface area (Å²) in [6.45, 7) is 2.82. The van der Waals surface area contributed by atoms with E-state index in [9.17, 15) is 22.8 Å². The zero-order valence-electron chi connectivity index (χ0n) is 17.3. The molecule has 1 aromatic carbocycles. The molecule has 10 heteroatoms. The topological polar surface area (TPSA) is 79.6 Å². The number of alkyl halides is 3. The van der Waals surface area contributed by atoms with Gasteiger partial charge < -0.3 is 4.90 Å². The highest BCUT2D eigenvalue weighted by atomic mass is 19.4. The van der Waals surface area contributed by atoms with Crippen LogP contribution in [0.3, 0.4) is 0 Å². The summed E-state index contributed by atoms with van der Waals surface area (Å²) in [5, 5.41) is 6.53. The number of carbonyl (C=O) groups excluding carboxylic acids is 2. The van der Waals surface area contributed by atoms with Crippen LogP contribution in [0.25, 0.3) is 16.8 Å². The minimum absolute atomic E-state index is 0.0777. The normalized spacial score (nSPS) is 11.8. The number of carbonyl (C=O) groups is 2. The summed E-state index contributed by atoms with van der Waals surface area (Å²) in [5.74, 6) is -0.920. The van der Waals surface area contributed by atoms with Crippen molar-refractivity contribution in [1.29, 1.82) is 0 Å². The number of nitrogens with one attached hydrogen (secondary N) is 1. The van der Waals surface area contributed by atoms with E-state index in [1.54, 1.807) is 32.1 Å². The van der Waals surface area contributed by atoms with Crippen LogP contribution in [0.5, 0.6) is 0 Å². The maximum atomic E-state index is 13.7. The SMILES string of the molecule is CC(=O)Nc1nc2c(-c3ccccc3C(F)(F)F)c(C)c(C(=O)C=CN(C)C)cn2n1. The molecular weight excluding hydrogens is 411 g/mol. The van der Waals surface area contributed by atoms with Crippen LogP contribution in [0.4, 0.5) is 19.1 Å². The maximum absolute atomic E-state index is 13.7. The fourth-order valence-electron chi connectivity index (χ4n) is 3.14. The van der Waals surface area contributed by atoms with E-state index in [4.69, 9.17) is 0 Å². The number of halogens is 3. The van der Waals surface area contributed by atoms with Gasteiger partial charge in [-0.3, -0.25) is 14.9 Å². The predicted molar refractivity (Wildman–Crippen MR) is 110 cm³/mol. The highest BCUT2D eigenvalue weighted by Gasteiger charge is 2.35. The Morgan fingerprint density at radius 1 is 1.19 bits per heavy atom. The quantitative estimate of drug-likeness (QED) is 0.489. The number of allylic oxidation sites excluding steroid dienone is 1. The zero-order valence-corrected chi connectivity index (χ0v) is 17.3. The first-order valence-corrected chi connectivity index (χ1v) is 9.22. The Morgan fingerprint density at radius 3 is 2.48 bits per heavy atom. The Kier molecular flexibility index (Phi) is 5.83. The molecule has 3 aromatic rings. The summed E-state index contributed by atoms with van der Waals surface area (Å²) < 4.78 is 42.4. The van der Waals surface area contributed by atoms with E-state index < -0.39 is 23.4 Å². The molecule has 0 bridgehead atoms. The highest BCUT2D eigenvalue weighted by molar-refractivity contribution is 6.07. The van der Waals surface area contributed by atoms with Crippen LogP contribution in [-0.2, 0) is 11.0 Å². The van der Waals surface area contributed by atoms with E-state index in [2.05, 4.69) is 15.4 Å². The van der Waals surface area contributed by atoms with Gasteiger partial charge in [0.05, 0.1) is 5.56 Å². The van der Waals surface area contributed by atoms with Crippen LogP contribution >= 0.6 is 0 Å². The Hall–Kier alpha value is -3.69. The molecule has 0 saturated carbocycles. The van der Waals surface area contributed by atoms with Crippen molar-refractivity contribution in [2.45, 2.75) is 20.0 Å². The summed E-state index contributed by atoms with van der Waals surface area (Å²) in [5.41, 5.74) is -0.313. The summed E-state index contributed by atoms with van der Waals surface area (Å²) in [6.07, 6.45) is -0.366. The molecule has 162 valence electrons. The minimum atomic E-state index is -4.62. The van der Waals surface area contributed by atoms with Crippen LogP contribution in [-0.4, -0.2) is 45.3 Å². The number of ketones is 1. The Bertz CT molecular complexity index is 1200. The van der Waals surface area contributed by atoms with E-state index in [0.29, 0.717) is 5.56 Å². The van der Waals surface area contributed by atoms with Crippen molar-refractivity contribution < 1.29 is 22.8 Å². The fourth-order valence-corrected chi connectivity index (χ4v) is 3.14. The van der Waals surface area contributed by atoms with Gasteiger partial charge in [0.15, 0.2) is 11.4 Å². The number of benzene rings is 1. The number of hydrogen-bond acceptors (Lipinski definition) is 5. The van der Waals surface area contributed by atoms with Gasteiger partial charge in [-0.2, -0.15) is 18.2 Å². The van der Waals surface area contributed by atoms with Gasteiger partial charge in [-0.1, -0.05) is 18.2 Å². The Morgan fingerprint density at radius 2 is 1.87 bits per heavy atom. The molecule has 2 heterocycles. The van der Waals surface area contributed by atoms with Crippen molar-refractivity contribution in [2.75, 3.05) is 19.4 Å². The van der Waals surface area contributed by atoms with Gasteiger partial charge in [0.25, 0.3) is 0 Å². The van der Waals surface area contributed by atoms with Crippen LogP contribution in [0, 0.1) is 6.92 Å². The Balaban J connectivity index is 2.35. The number of nitrogens with zero attached hydrogens (tertiary/aromatic N) is 4. The number of pyridine rings is 1. The molecule has 0 unspecified atom stereocenters. The van der Waals surface area contributed by atoms with Gasteiger partial charge in [0.2, 0.25) is 11.9 Å². The lowest BCUT2D eigenvalue weighted by molar-refractivity contribution is -0.137. The lowest BCUT2D eigenvalue weighted by atomic mass is 9.93. The van der Waals surface area contributed by atoms with Crippen molar-refractivity contribution in [1.82, 2.24) is 19.5 Å². The molecule has 0 saturated heterocycles. The number of amides is 1. The Labute approximate surface area is 176 Å². The van der Waals surface area contributed by atoms with E-state index in [1.807, 2.05) is 0 Å². The highest BCUT2D eigenvalue weighted by Crippen LogP contribution is 2.40. The lowest BCUT2D eigenvalue weighted by Crippen LogP contribution is -2.10. The second kappa shape index (κ2) is 8.21. The summed E-state index contributed by atoms with van der Waals surface area (Å²) in [7, 11) is 3.48. The van der Waals surface area contributed by atoms with Crippen LogP contribution in [0.1, 0.15) is 28.4 Å². The van der Waals surface area contributed by atoms with Crippen molar-refractivity contribution in [3.63, 3.8) is 0 Å². The second-order valence-electron chi connectivity index (χ2n) is 7.11. The molecule has 1 N–H and O–H groups in total. The number of fused-ring (bicyclic) bond motifs is 1. The summed E-state index contributed by atoms with van der Waals surface area (Å²) in [4.78, 5) is 30.1. The molecule has 0 aliphatic carbocycles. The number of rotatable bonds is 5. The molecular formula is C21H20F3N5O2. The molecule has 0 radical (unpaired) electrons. The largest absolute Gasteiger partial charge is 0.417 e. The van der Waals surface area contributed by atoms with Gasteiger partial charge in [0, 0.05) is 50.6 Å². The third-order valence-corrected chi connectivity index (χ3v) is 4.46. The van der Waals surface area contributed by atoms with Crippen LogP contribution in [0.15, 0.2) is 42.7 Å². The number of aromatic nitrogens is 3. The smallest absolute Gasteiger partial charge is 0.383 e. The lowest BCUT2D eigenvalue weighted by Gasteiger charge is -2.16. The third-order valence-electron chi connectivity index (χ3n) is 4.46. The van der Waals surface area contributed by atoms with Crippen LogP contribution in [0.2, 0.25) is 0 Å². The first kappa shape index (κ1) is 22.0. The summed E-state index contributed by atoms with van der Waals surface area (Å²) >= 11 is 0. The molecule has 0 aliphatic heterocycles. The molecule has 7 nitrogen and oxygen atoms in total. The molecule has 1 amide bonds. The molecule has 0 spiro atoms. The molecule has 3 rings (SSSR count). The van der Waals surface area contributed by atoms with E-state index in [0.717, 1.165) is 6.07 Å². The van der Waals surface area contributed by atoms with E-state index >= 15 is 0 Å². The first-order valence-electron chi connectivity index (χ1n) is 9.22. The standard InChI is InChI=1S/C21H20F3N5O2/c1-12-15(17(31)9-10-28(3)4)11-29-19(26-20(27-29)25-13(2)30)18(12)14-7-5-6-8-16(14)21(22,23)24/h5-11H,1-4H3,(H,25,27,30). The average molecular weight is 431 g/mol. The van der Waals surface area contributed by atoms with Gasteiger partial charge in [0.1, 0.15) is 0 Å². The van der Waals surface area contributed by atoms with Crippen molar-refractivity contribution in [3.05, 3.63) is 59.4 Å². The molecule has 0 fully saturated rings. The van der Waals surface area contributed by atoms with Crippen molar-refractivity contribution in [2.24, 2.45) is 0 Å². The van der Waals surface area contributed by atoms with Crippen LogP contribution < -0.4 is 5.32 Å². The van der Waals surface area contributed by atoms with Gasteiger partial charge in [-0.15, -0.1) is 5.10 Å². The zero-order chi connectivity index (χ0) is 22.9. The molecule has 0 atom stereocenters.